The molecule has 1 aromatic heterocycles. The molecule has 0 bridgehead atoms. The summed E-state index contributed by atoms with van der Waals surface area (Å²) in [5, 5.41) is 11.1. The number of benzene rings is 3. The third-order valence-electron chi connectivity index (χ3n) is 5.81. The van der Waals surface area contributed by atoms with Gasteiger partial charge in [-0.25, -0.2) is 4.98 Å². The molecular formula is C26H21N3O5. The third-order valence-corrected chi connectivity index (χ3v) is 5.81. The van der Waals surface area contributed by atoms with Crippen LogP contribution in [-0.2, 0) is 9.59 Å². The number of hydrogen-bond acceptors (Lipinski definition) is 6. The number of ether oxygens (including phenoxy) is 2. The van der Waals surface area contributed by atoms with Crippen molar-refractivity contribution in [3.05, 3.63) is 89.5 Å². The van der Waals surface area contributed by atoms with Crippen molar-refractivity contribution in [1.82, 2.24) is 9.97 Å². The first-order chi connectivity index (χ1) is 16.5. The number of ketones is 1. The molecule has 1 fully saturated rings. The number of hydrogen-bond donors (Lipinski definition) is 2. The Kier molecular flexibility index (Phi) is 5.25. The number of rotatable bonds is 5. The maximum atomic E-state index is 13.3. The van der Waals surface area contributed by atoms with E-state index in [1.807, 2.05) is 0 Å². The second-order valence-corrected chi connectivity index (χ2v) is 7.76. The van der Waals surface area contributed by atoms with Crippen molar-refractivity contribution in [2.24, 2.45) is 0 Å². The van der Waals surface area contributed by atoms with Crippen LogP contribution in [0.25, 0.3) is 16.8 Å². The molecule has 8 nitrogen and oxygen atoms in total. The van der Waals surface area contributed by atoms with Crippen molar-refractivity contribution in [2.45, 2.75) is 6.04 Å². The van der Waals surface area contributed by atoms with Crippen LogP contribution < -0.4 is 14.4 Å². The van der Waals surface area contributed by atoms with Gasteiger partial charge in [0.15, 0.2) is 0 Å². The van der Waals surface area contributed by atoms with Crippen molar-refractivity contribution in [3.8, 4) is 11.5 Å². The number of aliphatic hydroxyl groups excluding tert-OH is 1. The molecule has 0 spiro atoms. The number of imidazole rings is 1. The summed E-state index contributed by atoms with van der Waals surface area (Å²) in [5.41, 5.74) is 2.24. The molecule has 1 amide bonds. The molecule has 8 heteroatoms. The molecule has 1 atom stereocenters. The fourth-order valence-electron chi connectivity index (χ4n) is 4.15. The van der Waals surface area contributed by atoms with Crippen LogP contribution in [0.3, 0.4) is 0 Å². The lowest BCUT2D eigenvalue weighted by Crippen LogP contribution is -2.30. The summed E-state index contributed by atoms with van der Waals surface area (Å²) in [4.78, 5) is 35.5. The lowest BCUT2D eigenvalue weighted by Gasteiger charge is -2.23. The molecule has 0 radical (unpaired) electrons. The minimum absolute atomic E-state index is 0.0255. The monoisotopic (exact) mass is 455 g/mol. The van der Waals surface area contributed by atoms with Gasteiger partial charge in [0.1, 0.15) is 17.3 Å². The lowest BCUT2D eigenvalue weighted by molar-refractivity contribution is -0.132. The molecule has 1 unspecified atom stereocenters. The number of carbonyl (C=O) groups excluding carboxylic acids is 2. The molecule has 2 heterocycles. The molecule has 170 valence electrons. The number of anilines is 1. The van der Waals surface area contributed by atoms with E-state index in [0.29, 0.717) is 33.7 Å². The number of fused-ring (bicyclic) bond motifs is 1. The Morgan fingerprint density at radius 3 is 2.41 bits per heavy atom. The molecule has 4 aromatic rings. The molecule has 0 aliphatic carbocycles. The van der Waals surface area contributed by atoms with E-state index in [1.54, 1.807) is 79.9 Å². The van der Waals surface area contributed by atoms with Gasteiger partial charge in [-0.05, 0) is 29.8 Å². The first-order valence-corrected chi connectivity index (χ1v) is 10.6. The van der Waals surface area contributed by atoms with E-state index >= 15 is 0 Å². The fraction of sp³-hybridized carbons (Fsp3) is 0.115. The maximum Gasteiger partial charge on any atom is 0.302 e. The van der Waals surface area contributed by atoms with Gasteiger partial charge in [0.2, 0.25) is 5.95 Å². The molecule has 1 aliphatic rings. The second kappa shape index (κ2) is 8.40. The minimum atomic E-state index is -0.919. The second-order valence-electron chi connectivity index (χ2n) is 7.76. The number of H-pyrrole nitrogens is 1. The van der Waals surface area contributed by atoms with Crippen molar-refractivity contribution >= 4 is 34.4 Å². The first-order valence-electron chi connectivity index (χ1n) is 10.6. The Bertz CT molecular complexity index is 1440. The highest BCUT2D eigenvalue weighted by molar-refractivity contribution is 6.51. The van der Waals surface area contributed by atoms with E-state index in [2.05, 4.69) is 9.97 Å². The average molecular weight is 455 g/mol. The van der Waals surface area contributed by atoms with Gasteiger partial charge in [0, 0.05) is 11.6 Å². The van der Waals surface area contributed by atoms with Gasteiger partial charge >= 0.3 is 5.91 Å². The zero-order valence-corrected chi connectivity index (χ0v) is 18.5. The van der Waals surface area contributed by atoms with Gasteiger partial charge in [-0.2, -0.15) is 0 Å². The Morgan fingerprint density at radius 1 is 0.941 bits per heavy atom. The predicted octanol–water partition coefficient (Wildman–Crippen LogP) is 4.21. The van der Waals surface area contributed by atoms with Crippen LogP contribution in [0, 0.1) is 0 Å². The van der Waals surface area contributed by atoms with Crippen molar-refractivity contribution in [2.75, 3.05) is 19.1 Å². The summed E-state index contributed by atoms with van der Waals surface area (Å²) in [6.07, 6.45) is 0. The van der Waals surface area contributed by atoms with Crippen LogP contribution in [-0.4, -0.2) is 41.0 Å². The Morgan fingerprint density at radius 2 is 1.68 bits per heavy atom. The van der Waals surface area contributed by atoms with Crippen LogP contribution in [0.15, 0.2) is 78.4 Å². The fourth-order valence-corrected chi connectivity index (χ4v) is 4.15. The summed E-state index contributed by atoms with van der Waals surface area (Å²) >= 11 is 0. The maximum absolute atomic E-state index is 13.3. The van der Waals surface area contributed by atoms with Gasteiger partial charge in [-0.15, -0.1) is 0 Å². The summed E-state index contributed by atoms with van der Waals surface area (Å²) in [6.45, 7) is 0. The SMILES string of the molecule is COc1cccc(C2/C(=C(\O)c3ccccc3)C(=O)C(=O)N2c2nc3ccc(OC)cc3[nH]2)c1. The number of carbonyl (C=O) groups is 2. The quantitative estimate of drug-likeness (QED) is 0.265. The van der Waals surface area contributed by atoms with Crippen LogP contribution >= 0.6 is 0 Å². The summed E-state index contributed by atoms with van der Waals surface area (Å²) in [5.74, 6) is -0.490. The summed E-state index contributed by atoms with van der Waals surface area (Å²) in [6, 6.07) is 20.0. The van der Waals surface area contributed by atoms with Gasteiger partial charge in [0.25, 0.3) is 5.78 Å². The number of methoxy groups -OCH3 is 2. The van der Waals surface area contributed by atoms with Crippen molar-refractivity contribution in [3.63, 3.8) is 0 Å². The molecule has 34 heavy (non-hydrogen) atoms. The Labute approximate surface area is 195 Å². The number of aromatic amines is 1. The molecule has 1 aliphatic heterocycles. The van der Waals surface area contributed by atoms with Crippen LogP contribution in [0.2, 0.25) is 0 Å². The first kappa shape index (κ1) is 21.3. The van der Waals surface area contributed by atoms with Crippen LogP contribution in [0.1, 0.15) is 17.2 Å². The largest absolute Gasteiger partial charge is 0.507 e. The summed E-state index contributed by atoms with van der Waals surface area (Å²) < 4.78 is 10.6. The number of aromatic nitrogens is 2. The molecule has 3 aromatic carbocycles. The van der Waals surface area contributed by atoms with Gasteiger partial charge < -0.3 is 19.6 Å². The Hall–Kier alpha value is -4.59. The zero-order valence-electron chi connectivity index (χ0n) is 18.5. The van der Waals surface area contributed by atoms with Crippen molar-refractivity contribution in [1.29, 1.82) is 0 Å². The van der Waals surface area contributed by atoms with Gasteiger partial charge in [-0.3, -0.25) is 14.5 Å². The molecule has 2 N–H and O–H groups in total. The van der Waals surface area contributed by atoms with Crippen LogP contribution in [0.5, 0.6) is 11.5 Å². The third kappa shape index (κ3) is 3.45. The lowest BCUT2D eigenvalue weighted by atomic mass is 9.95. The predicted molar refractivity (Wildman–Crippen MR) is 127 cm³/mol. The van der Waals surface area contributed by atoms with Crippen molar-refractivity contribution < 1.29 is 24.2 Å². The van der Waals surface area contributed by atoms with E-state index in [0.717, 1.165) is 0 Å². The van der Waals surface area contributed by atoms with Gasteiger partial charge in [0.05, 0.1) is 36.9 Å². The average Bonchev–Trinajstić information content (AvgIpc) is 3.41. The number of Topliss-reactive ketones (excluding diaryl/α,β-unsaturated/α-hetero) is 1. The van der Waals surface area contributed by atoms with E-state index < -0.39 is 17.7 Å². The standard InChI is InChI=1S/C26H21N3O5/c1-33-17-10-6-9-16(13-17)22-21(23(30)15-7-4-3-5-8-15)24(31)25(32)29(22)26-27-19-12-11-18(34-2)14-20(19)28-26/h3-14,22,30H,1-2H3,(H,27,28)/b23-21+. The molecule has 0 saturated carbocycles. The van der Waals surface area contributed by atoms with E-state index in [1.165, 1.54) is 12.0 Å². The number of amides is 1. The number of nitrogens with zero attached hydrogens (tertiary/aromatic N) is 2. The highest BCUT2D eigenvalue weighted by Gasteiger charge is 2.48. The van der Waals surface area contributed by atoms with E-state index in [-0.39, 0.29) is 17.3 Å². The minimum Gasteiger partial charge on any atom is -0.507 e. The molecule has 1 saturated heterocycles. The number of aliphatic hydroxyl groups is 1. The highest BCUT2D eigenvalue weighted by atomic mass is 16.5. The van der Waals surface area contributed by atoms with E-state index in [4.69, 9.17) is 9.47 Å². The summed E-state index contributed by atoms with van der Waals surface area (Å²) in [7, 11) is 3.09. The molecular weight excluding hydrogens is 434 g/mol. The van der Waals surface area contributed by atoms with E-state index in [9.17, 15) is 14.7 Å². The Balaban J connectivity index is 1.73. The smallest absolute Gasteiger partial charge is 0.302 e. The number of nitrogens with one attached hydrogen (secondary N) is 1. The zero-order chi connectivity index (χ0) is 23.8. The normalized spacial score (nSPS) is 17.4. The van der Waals surface area contributed by atoms with Gasteiger partial charge in [-0.1, -0.05) is 42.5 Å². The molecule has 5 rings (SSSR count). The highest BCUT2D eigenvalue weighted by Crippen LogP contribution is 2.42. The topological polar surface area (TPSA) is 105 Å². The van der Waals surface area contributed by atoms with Crippen LogP contribution in [0.4, 0.5) is 5.95 Å².